The van der Waals surface area contributed by atoms with Crippen LogP contribution < -0.4 is 10.8 Å². The molecule has 1 rings (SSSR count). The van der Waals surface area contributed by atoms with Crippen LogP contribution in [0.5, 0.6) is 0 Å². The molecular formula is C15H23N3O3. The first-order valence-electron chi connectivity index (χ1n) is 7.01. The van der Waals surface area contributed by atoms with Crippen LogP contribution in [0.15, 0.2) is 18.3 Å². The molecule has 0 aliphatic heterocycles. The molecule has 0 aliphatic rings. The van der Waals surface area contributed by atoms with E-state index in [1.165, 1.54) is 12.3 Å². The molecule has 1 aromatic rings. The third kappa shape index (κ3) is 4.82. The van der Waals surface area contributed by atoms with Crippen molar-refractivity contribution in [1.29, 1.82) is 0 Å². The first-order valence-corrected chi connectivity index (χ1v) is 7.01. The fraction of sp³-hybridized carbons (Fsp3) is 0.533. The van der Waals surface area contributed by atoms with E-state index in [-0.39, 0.29) is 11.9 Å². The molecular weight excluding hydrogens is 270 g/mol. The molecule has 3 N–H and O–H groups in total. The summed E-state index contributed by atoms with van der Waals surface area (Å²) in [6.07, 6.45) is 3.08. The van der Waals surface area contributed by atoms with Crippen molar-refractivity contribution in [2.24, 2.45) is 5.41 Å². The van der Waals surface area contributed by atoms with Gasteiger partial charge in [0.25, 0.3) is 5.91 Å². The van der Waals surface area contributed by atoms with Gasteiger partial charge in [0.1, 0.15) is 0 Å². The maximum Gasteiger partial charge on any atom is 0.274 e. The Bertz CT molecular complexity index is 509. The second-order valence-corrected chi connectivity index (χ2v) is 5.98. The predicted octanol–water partition coefficient (Wildman–Crippen LogP) is 2.20. The highest BCUT2D eigenvalue weighted by Crippen LogP contribution is 2.21. The molecule has 6 heteroatoms. The smallest absolute Gasteiger partial charge is 0.274 e. The zero-order valence-electron chi connectivity index (χ0n) is 12.9. The van der Waals surface area contributed by atoms with Gasteiger partial charge >= 0.3 is 0 Å². The summed E-state index contributed by atoms with van der Waals surface area (Å²) in [5.41, 5.74) is 2.00. The normalized spacial score (nSPS) is 12.6. The van der Waals surface area contributed by atoms with Gasteiger partial charge in [-0.1, -0.05) is 34.1 Å². The maximum absolute atomic E-state index is 12.1. The first kappa shape index (κ1) is 17.1. The van der Waals surface area contributed by atoms with E-state index in [1.807, 2.05) is 27.7 Å². The van der Waals surface area contributed by atoms with Crippen molar-refractivity contribution in [3.63, 3.8) is 0 Å². The molecule has 2 amide bonds. The van der Waals surface area contributed by atoms with Crippen LogP contribution in [0, 0.1) is 5.41 Å². The van der Waals surface area contributed by atoms with E-state index in [0.717, 1.165) is 12.8 Å². The van der Waals surface area contributed by atoms with Gasteiger partial charge in [-0.3, -0.25) is 19.8 Å². The maximum atomic E-state index is 12.1. The van der Waals surface area contributed by atoms with Crippen LogP contribution in [-0.4, -0.2) is 22.0 Å². The summed E-state index contributed by atoms with van der Waals surface area (Å²) in [5, 5.41) is 11.6. The Morgan fingerprint density at radius 1 is 1.38 bits per heavy atom. The van der Waals surface area contributed by atoms with Crippen LogP contribution in [0.2, 0.25) is 0 Å². The van der Waals surface area contributed by atoms with Gasteiger partial charge < -0.3 is 5.32 Å². The van der Waals surface area contributed by atoms with E-state index in [9.17, 15) is 9.59 Å². The molecule has 0 saturated carbocycles. The van der Waals surface area contributed by atoms with Crippen LogP contribution in [0.25, 0.3) is 0 Å². The minimum atomic E-state index is -0.601. The van der Waals surface area contributed by atoms with Gasteiger partial charge in [-0.05, 0) is 18.6 Å². The summed E-state index contributed by atoms with van der Waals surface area (Å²) in [7, 11) is 0. The Hall–Kier alpha value is -1.95. The van der Waals surface area contributed by atoms with E-state index in [2.05, 4.69) is 10.3 Å². The largest absolute Gasteiger partial charge is 0.347 e. The van der Waals surface area contributed by atoms with Crippen LogP contribution in [0.1, 0.15) is 62.6 Å². The van der Waals surface area contributed by atoms with Gasteiger partial charge in [-0.15, -0.1) is 0 Å². The monoisotopic (exact) mass is 293 g/mol. The molecule has 6 nitrogen and oxygen atoms in total. The van der Waals surface area contributed by atoms with E-state index in [4.69, 9.17) is 5.21 Å². The number of hydroxylamine groups is 1. The number of nitrogens with one attached hydrogen (secondary N) is 2. The zero-order valence-corrected chi connectivity index (χ0v) is 12.9. The molecule has 116 valence electrons. The molecule has 0 spiro atoms. The van der Waals surface area contributed by atoms with Crippen LogP contribution in [-0.2, 0) is 4.79 Å². The number of amides is 2. The predicted molar refractivity (Wildman–Crippen MR) is 78.7 cm³/mol. The van der Waals surface area contributed by atoms with Crippen molar-refractivity contribution >= 4 is 11.8 Å². The topological polar surface area (TPSA) is 91.3 Å². The van der Waals surface area contributed by atoms with Gasteiger partial charge in [-0.2, -0.15) is 0 Å². The second-order valence-electron chi connectivity index (χ2n) is 5.98. The van der Waals surface area contributed by atoms with E-state index >= 15 is 0 Å². The van der Waals surface area contributed by atoms with E-state index in [0.29, 0.717) is 11.3 Å². The van der Waals surface area contributed by atoms with Crippen LogP contribution in [0.3, 0.4) is 0 Å². The number of aromatic nitrogens is 1. The summed E-state index contributed by atoms with van der Waals surface area (Å²) in [4.78, 5) is 27.8. The van der Waals surface area contributed by atoms with Gasteiger partial charge in [-0.25, -0.2) is 5.48 Å². The summed E-state index contributed by atoms with van der Waals surface area (Å²) >= 11 is 0. The second kappa shape index (κ2) is 7.17. The quantitative estimate of drug-likeness (QED) is 0.573. The van der Waals surface area contributed by atoms with Crippen molar-refractivity contribution in [3.05, 3.63) is 29.6 Å². The fourth-order valence-corrected chi connectivity index (χ4v) is 1.80. The molecule has 1 atom stereocenters. The highest BCUT2D eigenvalue weighted by Gasteiger charge is 2.25. The van der Waals surface area contributed by atoms with Gasteiger partial charge in [0.2, 0.25) is 5.91 Å². The highest BCUT2D eigenvalue weighted by atomic mass is 16.5. The van der Waals surface area contributed by atoms with Gasteiger partial charge in [0.05, 0.1) is 11.7 Å². The lowest BCUT2D eigenvalue weighted by Crippen LogP contribution is -2.37. The number of nitrogens with zero attached hydrogens (tertiary/aromatic N) is 1. The number of rotatable bonds is 5. The first-order chi connectivity index (χ1) is 9.79. The third-order valence-electron chi connectivity index (χ3n) is 3.07. The molecule has 0 bridgehead atoms. The number of carbonyl (C=O) groups is 2. The van der Waals surface area contributed by atoms with Crippen molar-refractivity contribution in [2.75, 3.05) is 0 Å². The molecule has 1 unspecified atom stereocenters. The molecule has 21 heavy (non-hydrogen) atoms. The SMILES string of the molecule is CCCC(NC(=O)C(C)(C)C)c1cc(C(=O)NO)ccn1. The van der Waals surface area contributed by atoms with Crippen molar-refractivity contribution in [3.8, 4) is 0 Å². The number of pyridine rings is 1. The van der Waals surface area contributed by atoms with E-state index in [1.54, 1.807) is 11.5 Å². The average molecular weight is 293 g/mol. The Kier molecular flexibility index (Phi) is 5.84. The minimum absolute atomic E-state index is 0.0697. The number of hydrogen-bond donors (Lipinski definition) is 3. The summed E-state index contributed by atoms with van der Waals surface area (Å²) < 4.78 is 0. The Labute approximate surface area is 124 Å². The summed E-state index contributed by atoms with van der Waals surface area (Å²) in [6.45, 7) is 7.54. The minimum Gasteiger partial charge on any atom is -0.347 e. The third-order valence-corrected chi connectivity index (χ3v) is 3.07. The molecule has 1 aromatic heterocycles. The Morgan fingerprint density at radius 3 is 2.57 bits per heavy atom. The lowest BCUT2D eigenvalue weighted by atomic mass is 9.94. The zero-order chi connectivity index (χ0) is 16.0. The average Bonchev–Trinajstić information content (AvgIpc) is 2.45. The van der Waals surface area contributed by atoms with Crippen molar-refractivity contribution in [2.45, 2.75) is 46.6 Å². The molecule has 0 aromatic carbocycles. The number of carbonyl (C=O) groups excluding carboxylic acids is 2. The van der Waals surface area contributed by atoms with Crippen molar-refractivity contribution in [1.82, 2.24) is 15.8 Å². The molecule has 0 radical (unpaired) electrons. The van der Waals surface area contributed by atoms with Crippen LogP contribution in [0.4, 0.5) is 0 Å². The Morgan fingerprint density at radius 2 is 2.05 bits per heavy atom. The fourth-order valence-electron chi connectivity index (χ4n) is 1.80. The molecule has 1 heterocycles. The molecule has 0 aliphatic carbocycles. The standard InChI is InChI=1S/C15H23N3O3/c1-5-6-11(17-14(20)15(2,3)4)12-9-10(7-8-16-12)13(19)18-21/h7-9,11,21H,5-6H2,1-4H3,(H,17,20)(H,18,19). The van der Waals surface area contributed by atoms with Crippen LogP contribution >= 0.6 is 0 Å². The van der Waals surface area contributed by atoms with Gasteiger partial charge in [0.15, 0.2) is 0 Å². The van der Waals surface area contributed by atoms with Gasteiger partial charge in [0, 0.05) is 17.2 Å². The lowest BCUT2D eigenvalue weighted by molar-refractivity contribution is -0.129. The molecule has 0 fully saturated rings. The Balaban J connectivity index is 3.00. The summed E-state index contributed by atoms with van der Waals surface area (Å²) in [6, 6.07) is 2.83. The number of hydrogen-bond acceptors (Lipinski definition) is 4. The van der Waals surface area contributed by atoms with E-state index < -0.39 is 11.3 Å². The highest BCUT2D eigenvalue weighted by molar-refractivity contribution is 5.93. The van der Waals surface area contributed by atoms with Crippen molar-refractivity contribution < 1.29 is 14.8 Å². The molecule has 0 saturated heterocycles. The lowest BCUT2D eigenvalue weighted by Gasteiger charge is -2.24. The summed E-state index contributed by atoms with van der Waals surface area (Å²) in [5.74, 6) is -0.671.